The average Bonchev–Trinajstić information content (AvgIpc) is 4.15. The van der Waals surface area contributed by atoms with E-state index in [-0.39, 0.29) is 52.9 Å². The number of hydrogen-bond acceptors (Lipinski definition) is 14. The molecule has 10 heterocycles. The molecule has 11 rings (SSSR count). The summed E-state index contributed by atoms with van der Waals surface area (Å²) in [5, 5.41) is 18.7. The van der Waals surface area contributed by atoms with Crippen molar-refractivity contribution < 1.29 is 39.0 Å². The van der Waals surface area contributed by atoms with Gasteiger partial charge in [0.05, 0.1) is 66.2 Å². The molecule has 20 heteroatoms. The van der Waals surface area contributed by atoms with Crippen molar-refractivity contribution in [2.24, 2.45) is 0 Å². The van der Waals surface area contributed by atoms with E-state index in [4.69, 9.17) is 19.4 Å². The molecule has 0 bridgehead atoms. The van der Waals surface area contributed by atoms with Gasteiger partial charge >= 0.3 is 0 Å². The van der Waals surface area contributed by atoms with E-state index in [1.807, 2.05) is 81.9 Å². The van der Waals surface area contributed by atoms with E-state index < -0.39 is 10.0 Å². The summed E-state index contributed by atoms with van der Waals surface area (Å²) in [7, 11) is -3.83. The first-order chi connectivity index (χ1) is 32.8. The van der Waals surface area contributed by atoms with Crippen LogP contribution < -0.4 is 9.80 Å². The van der Waals surface area contributed by atoms with Crippen LogP contribution in [0, 0.1) is 42.0 Å². The number of hydrogen-bond donors (Lipinski definition) is 1. The van der Waals surface area contributed by atoms with Crippen LogP contribution in [0.2, 0.25) is 0 Å². The molecule has 0 saturated carbocycles. The number of fused-ring (bicyclic) bond motifs is 2. The monoisotopic (exact) mass is 1150 g/mol. The van der Waals surface area contributed by atoms with Crippen molar-refractivity contribution in [1.82, 2.24) is 58.4 Å². The summed E-state index contributed by atoms with van der Waals surface area (Å²) in [6.07, 6.45) is 6.90. The number of aromatic amines is 1. The quantitative estimate of drug-likeness (QED) is 0.143. The molecule has 0 amide bonds. The molecule has 370 valence electrons. The van der Waals surface area contributed by atoms with Crippen LogP contribution in [-0.2, 0) is 40.6 Å². The smallest absolute Gasteiger partial charge is 0.269 e. The van der Waals surface area contributed by atoms with E-state index in [9.17, 15) is 8.42 Å². The van der Waals surface area contributed by atoms with Crippen molar-refractivity contribution in [2.75, 3.05) is 49.3 Å². The zero-order valence-electron chi connectivity index (χ0n) is 40.4. The first-order valence-electron chi connectivity index (χ1n) is 22.6. The molecule has 2 fully saturated rings. The number of pyridine rings is 4. The summed E-state index contributed by atoms with van der Waals surface area (Å²) in [6.45, 7) is 18.1. The van der Waals surface area contributed by atoms with Crippen molar-refractivity contribution in [3.05, 3.63) is 134 Å². The summed E-state index contributed by atoms with van der Waals surface area (Å²) in [6, 6.07) is 23.2. The maximum absolute atomic E-state index is 13.5. The van der Waals surface area contributed by atoms with Crippen LogP contribution in [0.4, 0.5) is 11.6 Å². The zero-order valence-corrected chi connectivity index (χ0v) is 44.1. The minimum atomic E-state index is -3.83. The molecule has 18 nitrogen and oxygen atoms in total. The number of rotatable bonds is 8. The maximum Gasteiger partial charge on any atom is 0.269 e. The van der Waals surface area contributed by atoms with Crippen LogP contribution in [0.25, 0.3) is 56.0 Å². The van der Waals surface area contributed by atoms with Crippen LogP contribution in [0.15, 0.2) is 102 Å². The summed E-state index contributed by atoms with van der Waals surface area (Å²) in [5.74, 6) is 4.97. The minimum absolute atomic E-state index is 0. The van der Waals surface area contributed by atoms with E-state index >= 15 is 0 Å². The Balaban J connectivity index is 0.000000208. The van der Waals surface area contributed by atoms with Gasteiger partial charge in [-0.3, -0.25) is 9.13 Å². The number of aromatic nitrogens is 12. The Bertz CT molecular complexity index is 3380. The third-order valence-electron chi connectivity index (χ3n) is 12.6. The van der Waals surface area contributed by atoms with Gasteiger partial charge in [-0.2, -0.15) is 0 Å². The third kappa shape index (κ3) is 10.0. The first kappa shape index (κ1) is 52.2. The van der Waals surface area contributed by atoms with Crippen molar-refractivity contribution in [3.63, 3.8) is 0 Å². The van der Waals surface area contributed by atoms with Gasteiger partial charge in [0.15, 0.2) is 5.65 Å². The molecule has 0 aliphatic carbocycles. The van der Waals surface area contributed by atoms with E-state index in [1.165, 1.54) is 3.97 Å². The minimum Gasteiger partial charge on any atom is -0.377 e. The number of H-pyrrole nitrogens is 1. The standard InChI is InChI=1S/C28H29N7O3S.C21H23N7O.CH4.CH3.W/c1-18-5-7-23(8-6-18)39(36,37)34-12-10-25-24(9-11-29-28(25)34)26-15-22(35-20(3)31-32-21(35)4)16-27(30-26)33-13-14-38-17-19(33)2;1-13-12-29-9-8-27(13)20-11-16(28-14(2)25-26-15(28)3)10-19(24-20)17-4-6-22-21-18(17)5-7-23-21;;;/h5-12,15-16,19H,13-14,17H2,1-4H3;4-7,10-11,13H,8-9,12H2,1-3H3,(H,22,23);1H4;1H3;/q;;;-1;/t19-;13-;;;/m11.../s1. The Morgan fingerprint density at radius 1 is 0.634 bits per heavy atom. The Kier molecular flexibility index (Phi) is 15.7. The van der Waals surface area contributed by atoms with Crippen LogP contribution in [0.3, 0.4) is 0 Å². The summed E-state index contributed by atoms with van der Waals surface area (Å²) < 4.78 is 43.6. The molecule has 0 radical (unpaired) electrons. The molecular formula is C51H59N14O4SW-. The fourth-order valence-corrected chi connectivity index (χ4v) is 10.4. The predicted molar refractivity (Wildman–Crippen MR) is 273 cm³/mol. The number of anilines is 2. The second-order valence-electron chi connectivity index (χ2n) is 17.3. The van der Waals surface area contributed by atoms with Crippen LogP contribution in [0.5, 0.6) is 0 Å². The Morgan fingerprint density at radius 3 is 1.63 bits per heavy atom. The van der Waals surface area contributed by atoms with Crippen molar-refractivity contribution in [1.29, 1.82) is 0 Å². The number of nitrogens with one attached hydrogen (secondary N) is 1. The summed E-state index contributed by atoms with van der Waals surface area (Å²) in [4.78, 5) is 26.9. The molecule has 9 aromatic rings. The second-order valence-corrected chi connectivity index (χ2v) is 19.1. The zero-order chi connectivity index (χ0) is 47.3. The van der Waals surface area contributed by atoms with E-state index in [2.05, 4.69) is 75.7 Å². The van der Waals surface area contributed by atoms with Crippen LogP contribution in [-0.4, -0.2) is 118 Å². The van der Waals surface area contributed by atoms with Crippen LogP contribution in [0.1, 0.15) is 50.1 Å². The van der Waals surface area contributed by atoms with Gasteiger partial charge in [-0.25, -0.2) is 32.3 Å². The Hall–Kier alpha value is -6.66. The molecule has 1 N–H and O–H groups in total. The SMILES string of the molecule is C.Cc1ccc(S(=O)(=O)n2ccc3c(-c4cc(-n5c(C)nnc5C)cc(N5CCOC[C@H]5C)n4)ccnc32)cc1.Cc1nnc(C)n1-c1cc(-c2ccnc3[nH]ccc23)nc(N2CCOC[C@H]2C)c1.[CH3-].[W]. The molecule has 2 aliphatic rings. The van der Waals surface area contributed by atoms with E-state index in [0.29, 0.717) is 49.7 Å². The van der Waals surface area contributed by atoms with E-state index in [1.54, 1.807) is 42.7 Å². The number of benzene rings is 1. The summed E-state index contributed by atoms with van der Waals surface area (Å²) in [5.41, 5.74) is 7.50. The second kappa shape index (κ2) is 21.4. The maximum atomic E-state index is 13.5. The molecule has 0 spiro atoms. The first-order valence-corrected chi connectivity index (χ1v) is 24.0. The van der Waals surface area contributed by atoms with Crippen LogP contribution >= 0.6 is 0 Å². The largest absolute Gasteiger partial charge is 0.377 e. The number of nitrogens with zero attached hydrogens (tertiary/aromatic N) is 13. The fourth-order valence-electron chi connectivity index (χ4n) is 9.09. The van der Waals surface area contributed by atoms with Crippen molar-refractivity contribution in [3.8, 4) is 33.9 Å². The van der Waals surface area contributed by atoms with Gasteiger partial charge < -0.3 is 31.7 Å². The summed E-state index contributed by atoms with van der Waals surface area (Å²) >= 11 is 0. The molecule has 2 atom stereocenters. The predicted octanol–water partition coefficient (Wildman–Crippen LogP) is 8.20. The van der Waals surface area contributed by atoms with Gasteiger partial charge in [0.25, 0.3) is 10.0 Å². The normalized spacial score (nSPS) is 15.9. The molecule has 0 unspecified atom stereocenters. The van der Waals surface area contributed by atoms with E-state index in [0.717, 1.165) is 86.3 Å². The molecule has 8 aromatic heterocycles. The van der Waals surface area contributed by atoms with Gasteiger partial charge in [0.2, 0.25) is 0 Å². The third-order valence-corrected chi connectivity index (χ3v) is 14.2. The Labute approximate surface area is 428 Å². The van der Waals surface area contributed by atoms with Crippen molar-refractivity contribution >= 4 is 43.7 Å². The van der Waals surface area contributed by atoms with Gasteiger partial charge in [-0.05, 0) is 97.0 Å². The molecule has 2 saturated heterocycles. The number of aryl methyl sites for hydroxylation is 5. The van der Waals surface area contributed by atoms with Gasteiger partial charge in [0.1, 0.15) is 40.6 Å². The number of morpholine rings is 2. The molecular weight excluding hydrogens is 1090 g/mol. The molecule has 1 aromatic carbocycles. The fraction of sp³-hybridized carbons (Fsp3) is 0.314. The number of ether oxygens (including phenoxy) is 2. The average molecular weight is 1150 g/mol. The van der Waals surface area contributed by atoms with Gasteiger partial charge in [0, 0.05) is 93.0 Å². The topological polar surface area (TPSA) is 193 Å². The van der Waals surface area contributed by atoms with Gasteiger partial charge in [-0.15, -0.1) is 20.4 Å². The Morgan fingerprint density at radius 2 is 1.13 bits per heavy atom. The van der Waals surface area contributed by atoms with Crippen molar-refractivity contribution in [2.45, 2.75) is 72.9 Å². The molecule has 2 aliphatic heterocycles. The van der Waals surface area contributed by atoms with Gasteiger partial charge in [-0.1, -0.05) is 25.1 Å². The molecule has 71 heavy (non-hydrogen) atoms.